The SMILES string of the molecule is COc1cc(N2C[C@H]3CC[C@@H](C2)[C@@H]3Nc2nc3c(C)ccc(OCC(F)(F)F)n3n2)ccn1. The Morgan fingerprint density at radius 2 is 1.91 bits per heavy atom. The van der Waals surface area contributed by atoms with Gasteiger partial charge in [-0.1, -0.05) is 6.07 Å². The normalized spacial score (nSPS) is 22.6. The number of ether oxygens (including phenoxy) is 2. The van der Waals surface area contributed by atoms with Crippen LogP contribution in [0.1, 0.15) is 18.4 Å². The topological polar surface area (TPSA) is 76.8 Å². The predicted octanol–water partition coefficient (Wildman–Crippen LogP) is 3.71. The molecule has 1 saturated heterocycles. The van der Waals surface area contributed by atoms with Crippen molar-refractivity contribution in [3.8, 4) is 11.8 Å². The van der Waals surface area contributed by atoms with Crippen LogP contribution in [0.15, 0.2) is 30.5 Å². The van der Waals surface area contributed by atoms with Crippen molar-refractivity contribution in [2.45, 2.75) is 32.0 Å². The third-order valence-corrected chi connectivity index (χ3v) is 6.45. The van der Waals surface area contributed by atoms with E-state index >= 15 is 0 Å². The lowest BCUT2D eigenvalue weighted by Crippen LogP contribution is -2.48. The van der Waals surface area contributed by atoms with E-state index in [4.69, 9.17) is 9.47 Å². The van der Waals surface area contributed by atoms with Gasteiger partial charge >= 0.3 is 6.18 Å². The van der Waals surface area contributed by atoms with Gasteiger partial charge in [0.25, 0.3) is 0 Å². The zero-order chi connectivity index (χ0) is 23.2. The van der Waals surface area contributed by atoms with Gasteiger partial charge in [0.2, 0.25) is 17.7 Å². The Balaban J connectivity index is 1.33. The van der Waals surface area contributed by atoms with Crippen LogP contribution in [0.25, 0.3) is 5.65 Å². The van der Waals surface area contributed by atoms with Crippen LogP contribution in [0.2, 0.25) is 0 Å². The first kappa shape index (κ1) is 21.6. The second-order valence-corrected chi connectivity index (χ2v) is 8.66. The summed E-state index contributed by atoms with van der Waals surface area (Å²) in [6.45, 7) is 2.23. The molecule has 2 bridgehead atoms. The minimum Gasteiger partial charge on any atom is -0.481 e. The number of aryl methyl sites for hydroxylation is 1. The molecule has 0 spiro atoms. The summed E-state index contributed by atoms with van der Waals surface area (Å²) in [4.78, 5) is 11.1. The summed E-state index contributed by atoms with van der Waals surface area (Å²) in [6, 6.07) is 7.30. The number of nitrogens with one attached hydrogen (secondary N) is 1. The van der Waals surface area contributed by atoms with Crippen LogP contribution < -0.4 is 19.7 Å². The number of anilines is 2. The summed E-state index contributed by atoms with van der Waals surface area (Å²) in [7, 11) is 1.61. The highest BCUT2D eigenvalue weighted by Gasteiger charge is 2.42. The van der Waals surface area contributed by atoms with E-state index in [0.717, 1.165) is 37.2 Å². The highest BCUT2D eigenvalue weighted by molar-refractivity contribution is 5.53. The van der Waals surface area contributed by atoms with Crippen molar-refractivity contribution in [2.24, 2.45) is 11.8 Å². The second kappa shape index (κ2) is 8.27. The average molecular weight is 462 g/mol. The van der Waals surface area contributed by atoms with Gasteiger partial charge in [-0.15, -0.1) is 5.10 Å². The summed E-state index contributed by atoms with van der Waals surface area (Å²) in [5.74, 6) is 1.81. The highest BCUT2D eigenvalue weighted by atomic mass is 19.4. The molecule has 1 aliphatic carbocycles. The molecule has 0 unspecified atom stereocenters. The second-order valence-electron chi connectivity index (χ2n) is 8.66. The van der Waals surface area contributed by atoms with E-state index in [0.29, 0.717) is 29.3 Å². The van der Waals surface area contributed by atoms with Gasteiger partial charge in [0.05, 0.1) is 7.11 Å². The fourth-order valence-electron chi connectivity index (χ4n) is 4.91. The van der Waals surface area contributed by atoms with E-state index in [1.54, 1.807) is 19.4 Å². The third kappa shape index (κ3) is 4.36. The van der Waals surface area contributed by atoms with Crippen LogP contribution in [0.4, 0.5) is 24.8 Å². The average Bonchev–Trinajstić information content (AvgIpc) is 3.30. The standard InChI is InChI=1S/C22H25F3N6O2/c1-13-3-6-18(33-12-22(23,24)25)31-20(13)28-21(29-31)27-19-14-4-5-15(19)11-30(10-14)16-7-8-26-17(9-16)32-2/h3,6-9,14-15,19H,4-5,10-12H2,1-2H3,(H,27,29)/t14-,15+,19-. The number of hydrogen-bond acceptors (Lipinski definition) is 7. The highest BCUT2D eigenvalue weighted by Crippen LogP contribution is 2.40. The molecule has 11 heteroatoms. The van der Waals surface area contributed by atoms with E-state index in [2.05, 4.69) is 25.3 Å². The van der Waals surface area contributed by atoms with Crippen LogP contribution in [0.5, 0.6) is 11.8 Å². The van der Waals surface area contributed by atoms with Crippen molar-refractivity contribution in [1.29, 1.82) is 0 Å². The molecule has 33 heavy (non-hydrogen) atoms. The Morgan fingerprint density at radius 3 is 2.61 bits per heavy atom. The maximum absolute atomic E-state index is 12.6. The lowest BCUT2D eigenvalue weighted by Gasteiger charge is -2.39. The Labute approximate surface area is 188 Å². The zero-order valence-corrected chi connectivity index (χ0v) is 18.3. The molecule has 3 atom stereocenters. The number of pyridine rings is 2. The zero-order valence-electron chi connectivity index (χ0n) is 18.3. The molecule has 1 saturated carbocycles. The molecule has 1 N–H and O–H groups in total. The lowest BCUT2D eigenvalue weighted by molar-refractivity contribution is -0.154. The largest absolute Gasteiger partial charge is 0.481 e. The van der Waals surface area contributed by atoms with Crippen LogP contribution in [0, 0.1) is 18.8 Å². The van der Waals surface area contributed by atoms with E-state index in [9.17, 15) is 13.2 Å². The van der Waals surface area contributed by atoms with Gasteiger partial charge in [0.1, 0.15) is 0 Å². The fourth-order valence-corrected chi connectivity index (χ4v) is 4.91. The maximum atomic E-state index is 12.6. The number of halogens is 3. The van der Waals surface area contributed by atoms with E-state index in [1.807, 2.05) is 19.1 Å². The number of aromatic nitrogens is 4. The van der Waals surface area contributed by atoms with Gasteiger partial charge in [-0.25, -0.2) is 4.98 Å². The van der Waals surface area contributed by atoms with Gasteiger partial charge in [0, 0.05) is 43.1 Å². The molecule has 2 fully saturated rings. The Bertz CT molecular complexity index is 1140. The number of nitrogens with zero attached hydrogens (tertiary/aromatic N) is 5. The molecule has 0 aromatic carbocycles. The molecule has 0 amide bonds. The number of fused-ring (bicyclic) bond motifs is 3. The number of methoxy groups -OCH3 is 1. The lowest BCUT2D eigenvalue weighted by atomic mass is 9.92. The first-order valence-electron chi connectivity index (χ1n) is 10.9. The Kier molecular flexibility index (Phi) is 5.41. The summed E-state index contributed by atoms with van der Waals surface area (Å²) in [5, 5.41) is 7.90. The molecule has 3 aromatic heterocycles. The maximum Gasteiger partial charge on any atom is 0.422 e. The van der Waals surface area contributed by atoms with Crippen molar-refractivity contribution in [1.82, 2.24) is 19.6 Å². The van der Waals surface area contributed by atoms with Gasteiger partial charge in [0.15, 0.2) is 12.3 Å². The fraction of sp³-hybridized carbons (Fsp3) is 0.500. The molecule has 1 aliphatic heterocycles. The minimum atomic E-state index is -4.43. The molecule has 5 rings (SSSR count). The van der Waals surface area contributed by atoms with E-state index in [1.165, 1.54) is 10.6 Å². The van der Waals surface area contributed by atoms with Crippen LogP contribution in [-0.2, 0) is 0 Å². The molecular formula is C22H25F3N6O2. The third-order valence-electron chi connectivity index (χ3n) is 6.45. The smallest absolute Gasteiger partial charge is 0.422 e. The first-order chi connectivity index (χ1) is 15.8. The summed E-state index contributed by atoms with van der Waals surface area (Å²) in [6.07, 6.45) is -0.493. The number of rotatable bonds is 6. The van der Waals surface area contributed by atoms with E-state index < -0.39 is 12.8 Å². The Hall–Kier alpha value is -3.24. The van der Waals surface area contributed by atoms with Crippen LogP contribution in [0.3, 0.4) is 0 Å². The molecule has 0 radical (unpaired) electrons. The van der Waals surface area contributed by atoms with Gasteiger partial charge in [-0.3, -0.25) is 0 Å². The molecule has 176 valence electrons. The first-order valence-corrected chi connectivity index (χ1v) is 10.9. The van der Waals surface area contributed by atoms with Crippen LogP contribution >= 0.6 is 0 Å². The molecule has 8 nitrogen and oxygen atoms in total. The number of hydrogen-bond donors (Lipinski definition) is 1. The summed E-state index contributed by atoms with van der Waals surface area (Å²) >= 11 is 0. The van der Waals surface area contributed by atoms with Gasteiger partial charge in [-0.2, -0.15) is 22.7 Å². The molecule has 3 aromatic rings. The summed E-state index contributed by atoms with van der Waals surface area (Å²) in [5.41, 5.74) is 2.37. The van der Waals surface area contributed by atoms with Crippen molar-refractivity contribution >= 4 is 17.3 Å². The predicted molar refractivity (Wildman–Crippen MR) is 116 cm³/mol. The minimum absolute atomic E-state index is 0.0119. The molecular weight excluding hydrogens is 437 g/mol. The van der Waals surface area contributed by atoms with Gasteiger partial charge < -0.3 is 19.7 Å². The number of alkyl halides is 3. The molecule has 4 heterocycles. The Morgan fingerprint density at radius 1 is 1.15 bits per heavy atom. The number of piperidine rings is 1. The molecule has 2 aliphatic rings. The quantitative estimate of drug-likeness (QED) is 0.599. The summed E-state index contributed by atoms with van der Waals surface area (Å²) < 4.78 is 49.4. The van der Waals surface area contributed by atoms with Crippen molar-refractivity contribution in [3.05, 3.63) is 36.0 Å². The van der Waals surface area contributed by atoms with Crippen molar-refractivity contribution in [2.75, 3.05) is 37.0 Å². The van der Waals surface area contributed by atoms with Crippen molar-refractivity contribution in [3.63, 3.8) is 0 Å². The van der Waals surface area contributed by atoms with E-state index in [-0.39, 0.29) is 11.9 Å². The van der Waals surface area contributed by atoms with Crippen molar-refractivity contribution < 1.29 is 22.6 Å². The monoisotopic (exact) mass is 462 g/mol. The van der Waals surface area contributed by atoms with Gasteiger partial charge in [-0.05, 0) is 43.2 Å². The van der Waals surface area contributed by atoms with Crippen LogP contribution in [-0.4, -0.2) is 58.6 Å².